The van der Waals surface area contributed by atoms with Crippen LogP contribution in [0.25, 0.3) is 5.52 Å². The maximum atomic E-state index is 12.6. The van der Waals surface area contributed by atoms with E-state index in [2.05, 4.69) is 16.2 Å². The standard InChI is InChI=1S/C23H27N5O7/c1-22(9-5-3-2-4-6-10-22)35-20(29)31-11-15-17-18(33-21(30)32-17)23(12-24,34-15)16-8-7-14-19(25)26-13-27-28(14)16/h7-8,13,15,17-18H,2-6,9-11H2,1H3,(H2,25,26,27)/t15-,17-,18-,23+/m1/s1. The van der Waals surface area contributed by atoms with Crippen molar-refractivity contribution in [1.29, 1.82) is 5.26 Å². The second-order valence-electron chi connectivity index (χ2n) is 9.42. The SMILES string of the molecule is CC1(OC(=O)OC[C@H]2O[C@@](C#N)(c3ccc4c(N)ncnn34)[C@@H]3OC(=O)O[C@@H]32)CCCCCCC1. The van der Waals surface area contributed by atoms with Gasteiger partial charge in [-0.25, -0.2) is 19.1 Å². The van der Waals surface area contributed by atoms with Crippen LogP contribution in [0.1, 0.15) is 57.6 Å². The van der Waals surface area contributed by atoms with E-state index < -0.39 is 41.8 Å². The van der Waals surface area contributed by atoms with Gasteiger partial charge in [0.1, 0.15) is 36.2 Å². The summed E-state index contributed by atoms with van der Waals surface area (Å²) in [6.45, 7) is 1.62. The van der Waals surface area contributed by atoms with Gasteiger partial charge in [-0.05, 0) is 44.7 Å². The number of hydrogen-bond acceptors (Lipinski definition) is 11. The monoisotopic (exact) mass is 485 g/mol. The molecule has 0 aromatic carbocycles. The van der Waals surface area contributed by atoms with E-state index in [1.54, 1.807) is 12.1 Å². The Bertz CT molecular complexity index is 1170. The first kappa shape index (κ1) is 23.2. The summed E-state index contributed by atoms with van der Waals surface area (Å²) in [4.78, 5) is 28.5. The van der Waals surface area contributed by atoms with E-state index in [1.165, 1.54) is 17.3 Å². The Morgan fingerprint density at radius 2 is 2.00 bits per heavy atom. The molecule has 1 aliphatic carbocycles. The number of hydrogen-bond donors (Lipinski definition) is 1. The summed E-state index contributed by atoms with van der Waals surface area (Å²) in [5, 5.41) is 14.4. The zero-order valence-electron chi connectivity index (χ0n) is 19.3. The molecule has 0 amide bonds. The molecular formula is C23H27N5O7. The highest BCUT2D eigenvalue weighted by atomic mass is 16.8. The lowest BCUT2D eigenvalue weighted by atomic mass is 9.88. The van der Waals surface area contributed by atoms with Gasteiger partial charge >= 0.3 is 12.3 Å². The van der Waals surface area contributed by atoms with E-state index in [1.807, 2.05) is 6.92 Å². The molecule has 12 nitrogen and oxygen atoms in total. The molecule has 5 rings (SSSR count). The van der Waals surface area contributed by atoms with Crippen LogP contribution in [0.3, 0.4) is 0 Å². The zero-order valence-corrected chi connectivity index (χ0v) is 19.3. The fourth-order valence-corrected chi connectivity index (χ4v) is 5.18. The Balaban J connectivity index is 1.34. The number of nitrogens with two attached hydrogens (primary N) is 1. The number of ether oxygens (including phenoxy) is 5. The average Bonchev–Trinajstić information content (AvgIpc) is 3.49. The summed E-state index contributed by atoms with van der Waals surface area (Å²) >= 11 is 0. The average molecular weight is 485 g/mol. The van der Waals surface area contributed by atoms with Gasteiger partial charge in [0, 0.05) is 0 Å². The van der Waals surface area contributed by atoms with Gasteiger partial charge in [-0.3, -0.25) is 0 Å². The zero-order chi connectivity index (χ0) is 24.6. The Morgan fingerprint density at radius 3 is 2.74 bits per heavy atom. The summed E-state index contributed by atoms with van der Waals surface area (Å²) in [6, 6.07) is 5.34. The quantitative estimate of drug-likeness (QED) is 0.634. The van der Waals surface area contributed by atoms with Crippen molar-refractivity contribution in [2.45, 2.75) is 81.4 Å². The van der Waals surface area contributed by atoms with Crippen molar-refractivity contribution in [2.75, 3.05) is 12.3 Å². The summed E-state index contributed by atoms with van der Waals surface area (Å²) < 4.78 is 29.2. The molecule has 1 saturated carbocycles. The molecular weight excluding hydrogens is 458 g/mol. The van der Waals surface area contributed by atoms with Crippen molar-refractivity contribution in [3.05, 3.63) is 24.2 Å². The summed E-state index contributed by atoms with van der Waals surface area (Å²) in [6.07, 6.45) is 3.34. The molecule has 0 unspecified atom stereocenters. The van der Waals surface area contributed by atoms with Crippen molar-refractivity contribution in [2.24, 2.45) is 0 Å². The lowest BCUT2D eigenvalue weighted by Gasteiger charge is -2.31. The number of fused-ring (bicyclic) bond motifs is 2. The maximum absolute atomic E-state index is 12.6. The third kappa shape index (κ3) is 4.10. The van der Waals surface area contributed by atoms with Crippen molar-refractivity contribution < 1.29 is 33.3 Å². The highest BCUT2D eigenvalue weighted by molar-refractivity contribution is 5.67. The van der Waals surface area contributed by atoms with E-state index in [0.717, 1.165) is 38.5 Å². The summed E-state index contributed by atoms with van der Waals surface area (Å²) in [5.74, 6) is 0.207. The number of aromatic nitrogens is 3. The van der Waals surface area contributed by atoms with E-state index in [-0.39, 0.29) is 18.1 Å². The van der Waals surface area contributed by atoms with Gasteiger partial charge in [0.25, 0.3) is 0 Å². The van der Waals surface area contributed by atoms with Gasteiger partial charge < -0.3 is 29.4 Å². The van der Waals surface area contributed by atoms with Crippen molar-refractivity contribution in [3.63, 3.8) is 0 Å². The topological polar surface area (TPSA) is 160 Å². The lowest BCUT2D eigenvalue weighted by Crippen LogP contribution is -2.39. The second kappa shape index (κ2) is 8.88. The summed E-state index contributed by atoms with van der Waals surface area (Å²) in [7, 11) is 0. The number of carbonyl (C=O) groups is 2. The number of anilines is 1. The van der Waals surface area contributed by atoms with E-state index in [9.17, 15) is 14.9 Å². The molecule has 4 heterocycles. The molecule has 0 spiro atoms. The molecule has 2 aromatic heterocycles. The largest absolute Gasteiger partial charge is 0.509 e. The van der Waals surface area contributed by atoms with Gasteiger partial charge in [0.15, 0.2) is 18.0 Å². The van der Waals surface area contributed by atoms with Gasteiger partial charge in [0.05, 0.1) is 5.69 Å². The highest BCUT2D eigenvalue weighted by Gasteiger charge is 2.65. The fraction of sp³-hybridized carbons (Fsp3) is 0.609. The maximum Gasteiger partial charge on any atom is 0.509 e. The van der Waals surface area contributed by atoms with Crippen LogP contribution in [0.2, 0.25) is 0 Å². The Hall–Kier alpha value is -3.59. The highest BCUT2D eigenvalue weighted by Crippen LogP contribution is 2.46. The smallest absolute Gasteiger partial charge is 0.431 e. The molecule has 0 bridgehead atoms. The molecule has 0 radical (unpaired) electrons. The van der Waals surface area contributed by atoms with Crippen molar-refractivity contribution in [3.8, 4) is 6.07 Å². The van der Waals surface area contributed by atoms with E-state index in [4.69, 9.17) is 29.4 Å². The third-order valence-corrected chi connectivity index (χ3v) is 6.99. The second-order valence-corrected chi connectivity index (χ2v) is 9.42. The van der Waals surface area contributed by atoms with Crippen LogP contribution < -0.4 is 5.73 Å². The first-order valence-corrected chi connectivity index (χ1v) is 11.8. The third-order valence-electron chi connectivity index (χ3n) is 6.99. The van der Waals surface area contributed by atoms with Crippen molar-refractivity contribution >= 4 is 23.6 Å². The molecule has 2 saturated heterocycles. The van der Waals surface area contributed by atoms with Crippen LogP contribution in [0.4, 0.5) is 15.4 Å². The van der Waals surface area contributed by atoms with E-state index in [0.29, 0.717) is 5.52 Å². The minimum atomic E-state index is -1.77. The number of nitriles is 1. The predicted molar refractivity (Wildman–Crippen MR) is 118 cm³/mol. The first-order chi connectivity index (χ1) is 16.8. The Morgan fingerprint density at radius 1 is 1.26 bits per heavy atom. The molecule has 3 fully saturated rings. The normalized spacial score (nSPS) is 29.8. The number of carbonyl (C=O) groups excluding carboxylic acids is 2. The van der Waals surface area contributed by atoms with Gasteiger partial charge in [0.2, 0.25) is 5.60 Å². The van der Waals surface area contributed by atoms with Crippen LogP contribution in [0.5, 0.6) is 0 Å². The predicted octanol–water partition coefficient (Wildman–Crippen LogP) is 2.99. The van der Waals surface area contributed by atoms with Crippen LogP contribution in [-0.4, -0.2) is 57.4 Å². The molecule has 2 aliphatic heterocycles. The molecule has 12 heteroatoms. The molecule has 35 heavy (non-hydrogen) atoms. The van der Waals surface area contributed by atoms with Crippen LogP contribution in [0, 0.1) is 11.3 Å². The number of rotatable bonds is 4. The molecule has 186 valence electrons. The number of nitrogens with zero attached hydrogens (tertiary/aromatic N) is 4. The minimum absolute atomic E-state index is 0.207. The minimum Gasteiger partial charge on any atom is -0.431 e. The van der Waals surface area contributed by atoms with Gasteiger partial charge in [-0.2, -0.15) is 10.4 Å². The Kier molecular flexibility index (Phi) is 5.88. The molecule has 2 aromatic rings. The van der Waals surface area contributed by atoms with Crippen molar-refractivity contribution in [1.82, 2.24) is 14.6 Å². The molecule has 2 N–H and O–H groups in total. The molecule has 4 atom stereocenters. The van der Waals surface area contributed by atoms with Crippen LogP contribution in [-0.2, 0) is 29.3 Å². The lowest BCUT2D eigenvalue weighted by molar-refractivity contribution is -0.0966. The Labute approximate surface area is 201 Å². The first-order valence-electron chi connectivity index (χ1n) is 11.8. The van der Waals surface area contributed by atoms with Crippen LogP contribution >= 0.6 is 0 Å². The molecule has 3 aliphatic rings. The number of nitrogen functional groups attached to an aromatic ring is 1. The van der Waals surface area contributed by atoms with Crippen LogP contribution in [0.15, 0.2) is 18.5 Å². The fourth-order valence-electron chi connectivity index (χ4n) is 5.18. The van der Waals surface area contributed by atoms with Gasteiger partial charge in [-0.15, -0.1) is 0 Å². The van der Waals surface area contributed by atoms with Gasteiger partial charge in [-0.1, -0.05) is 19.3 Å². The summed E-state index contributed by atoms with van der Waals surface area (Å²) in [5.41, 5.74) is 4.29. The van der Waals surface area contributed by atoms with E-state index >= 15 is 0 Å².